The van der Waals surface area contributed by atoms with Gasteiger partial charge in [-0.05, 0) is 33.6 Å². The number of rotatable bonds is 5. The Labute approximate surface area is 155 Å². The highest BCUT2D eigenvalue weighted by Crippen LogP contribution is 2.17. The number of nitrogens with one attached hydrogen (secondary N) is 1. The Kier molecular flexibility index (Phi) is 6.51. The molecule has 0 aliphatic carbocycles. The normalized spacial score (nSPS) is 22.1. The van der Waals surface area contributed by atoms with E-state index in [1.54, 1.807) is 4.90 Å². The van der Waals surface area contributed by atoms with Crippen LogP contribution in [0.1, 0.15) is 33.6 Å². The number of carbonyl (C=O) groups is 2. The van der Waals surface area contributed by atoms with Gasteiger partial charge in [-0.1, -0.05) is 0 Å². The maximum absolute atomic E-state index is 12.3. The summed E-state index contributed by atoms with van der Waals surface area (Å²) >= 11 is 0. The summed E-state index contributed by atoms with van der Waals surface area (Å²) in [6, 6.07) is -0.255. The van der Waals surface area contributed by atoms with Gasteiger partial charge in [-0.3, -0.25) is 4.79 Å². The lowest BCUT2D eigenvalue weighted by Crippen LogP contribution is -2.57. The van der Waals surface area contributed by atoms with E-state index in [2.05, 4.69) is 4.72 Å². The molecule has 0 radical (unpaired) electrons. The minimum atomic E-state index is -3.29. The fourth-order valence-electron chi connectivity index (χ4n) is 2.90. The van der Waals surface area contributed by atoms with Crippen LogP contribution in [-0.4, -0.2) is 87.0 Å². The number of hydrogen-bond acceptors (Lipinski definition) is 6. The SMILES string of the molecule is CC(C)(C)OC(=O)N1CC(OCC(=O)N2CCC[C@@H](NS(C)(=O)=O)C2)C1. The molecule has 2 saturated heterocycles. The predicted molar refractivity (Wildman–Crippen MR) is 95.1 cm³/mol. The van der Waals surface area contributed by atoms with Gasteiger partial charge in [-0.25, -0.2) is 17.9 Å². The van der Waals surface area contributed by atoms with Gasteiger partial charge in [-0.15, -0.1) is 0 Å². The molecule has 10 heteroatoms. The van der Waals surface area contributed by atoms with Crippen molar-refractivity contribution in [3.05, 3.63) is 0 Å². The molecule has 0 aromatic rings. The smallest absolute Gasteiger partial charge is 0.410 e. The summed E-state index contributed by atoms with van der Waals surface area (Å²) in [6.45, 7) is 7.10. The molecule has 26 heavy (non-hydrogen) atoms. The van der Waals surface area contributed by atoms with Crippen molar-refractivity contribution in [3.63, 3.8) is 0 Å². The lowest BCUT2D eigenvalue weighted by molar-refractivity contribution is -0.143. The molecule has 150 valence electrons. The molecule has 2 aliphatic heterocycles. The molecule has 0 unspecified atom stereocenters. The molecule has 2 fully saturated rings. The van der Waals surface area contributed by atoms with Gasteiger partial charge in [0.25, 0.3) is 0 Å². The summed E-state index contributed by atoms with van der Waals surface area (Å²) in [5.41, 5.74) is -0.538. The Morgan fingerprint density at radius 2 is 1.81 bits per heavy atom. The fraction of sp³-hybridized carbons (Fsp3) is 0.875. The first-order chi connectivity index (χ1) is 11.9. The number of carbonyl (C=O) groups excluding carboxylic acids is 2. The molecule has 0 bridgehead atoms. The van der Waals surface area contributed by atoms with Gasteiger partial charge in [0.05, 0.1) is 25.4 Å². The molecule has 0 spiro atoms. The van der Waals surface area contributed by atoms with Crippen LogP contribution in [0.3, 0.4) is 0 Å². The van der Waals surface area contributed by atoms with Crippen molar-refractivity contribution >= 4 is 22.0 Å². The molecule has 2 rings (SSSR count). The Morgan fingerprint density at radius 3 is 2.38 bits per heavy atom. The summed E-state index contributed by atoms with van der Waals surface area (Å²) in [4.78, 5) is 27.3. The zero-order valence-corrected chi connectivity index (χ0v) is 16.7. The molecular weight excluding hydrogens is 362 g/mol. The van der Waals surface area contributed by atoms with E-state index in [0.29, 0.717) is 32.6 Å². The average Bonchev–Trinajstić information content (AvgIpc) is 2.41. The molecule has 1 atom stereocenters. The zero-order chi connectivity index (χ0) is 19.5. The monoisotopic (exact) mass is 391 g/mol. The topological polar surface area (TPSA) is 105 Å². The second-order valence-corrected chi connectivity index (χ2v) is 9.67. The van der Waals surface area contributed by atoms with E-state index in [1.165, 1.54) is 4.90 Å². The average molecular weight is 391 g/mol. The first-order valence-corrected chi connectivity index (χ1v) is 10.7. The molecule has 2 aliphatic rings. The van der Waals surface area contributed by atoms with Gasteiger partial charge in [0, 0.05) is 19.1 Å². The van der Waals surface area contributed by atoms with Crippen LogP contribution in [0.15, 0.2) is 0 Å². The van der Waals surface area contributed by atoms with Crippen molar-refractivity contribution < 1.29 is 27.5 Å². The lowest BCUT2D eigenvalue weighted by Gasteiger charge is -2.39. The third-order valence-corrected chi connectivity index (χ3v) is 4.86. The number of likely N-dealkylation sites (tertiary alicyclic amines) is 2. The lowest BCUT2D eigenvalue weighted by atomic mass is 10.1. The maximum atomic E-state index is 12.3. The van der Waals surface area contributed by atoms with E-state index in [0.717, 1.165) is 12.7 Å². The van der Waals surface area contributed by atoms with E-state index in [-0.39, 0.29) is 30.8 Å². The van der Waals surface area contributed by atoms with Crippen LogP contribution in [0.4, 0.5) is 4.79 Å². The Morgan fingerprint density at radius 1 is 1.15 bits per heavy atom. The van der Waals surface area contributed by atoms with E-state index in [4.69, 9.17) is 9.47 Å². The first-order valence-electron chi connectivity index (χ1n) is 8.77. The Bertz CT molecular complexity index is 624. The fourth-order valence-corrected chi connectivity index (χ4v) is 3.70. The molecule has 0 aromatic heterocycles. The number of sulfonamides is 1. The van der Waals surface area contributed by atoms with Crippen molar-refractivity contribution in [2.45, 2.75) is 51.4 Å². The summed E-state index contributed by atoms with van der Waals surface area (Å²) in [5, 5.41) is 0. The van der Waals surface area contributed by atoms with Gasteiger partial charge in [0.15, 0.2) is 0 Å². The van der Waals surface area contributed by atoms with E-state index < -0.39 is 15.6 Å². The molecule has 0 aromatic carbocycles. The van der Waals surface area contributed by atoms with Gasteiger partial charge in [0.2, 0.25) is 15.9 Å². The van der Waals surface area contributed by atoms with Crippen molar-refractivity contribution in [2.75, 3.05) is 39.0 Å². The third kappa shape index (κ3) is 6.73. The Balaban J connectivity index is 1.69. The van der Waals surface area contributed by atoms with Gasteiger partial charge in [-0.2, -0.15) is 0 Å². The van der Waals surface area contributed by atoms with E-state index >= 15 is 0 Å². The van der Waals surface area contributed by atoms with Gasteiger partial charge >= 0.3 is 6.09 Å². The standard InChI is InChI=1S/C16H29N3O6S/c1-16(2,3)25-15(21)19-9-13(10-19)24-11-14(20)18-7-5-6-12(8-18)17-26(4,22)23/h12-13,17H,5-11H2,1-4H3/t12-/m1/s1. The van der Waals surface area contributed by atoms with E-state index in [1.807, 2.05) is 20.8 Å². The summed E-state index contributed by atoms with van der Waals surface area (Å²) in [7, 11) is -3.29. The molecule has 9 nitrogen and oxygen atoms in total. The van der Waals surface area contributed by atoms with Crippen LogP contribution in [-0.2, 0) is 24.3 Å². The number of hydrogen-bond donors (Lipinski definition) is 1. The highest BCUT2D eigenvalue weighted by atomic mass is 32.2. The minimum absolute atomic E-state index is 0.0710. The molecule has 2 amide bonds. The van der Waals surface area contributed by atoms with Gasteiger partial charge in [0.1, 0.15) is 12.2 Å². The third-order valence-electron chi connectivity index (χ3n) is 4.10. The molecular formula is C16H29N3O6S. The van der Waals surface area contributed by atoms with Crippen LogP contribution < -0.4 is 4.72 Å². The first kappa shape index (κ1) is 20.9. The highest BCUT2D eigenvalue weighted by molar-refractivity contribution is 7.88. The Hall–Kier alpha value is -1.39. The molecule has 2 heterocycles. The molecule has 0 saturated carbocycles. The summed E-state index contributed by atoms with van der Waals surface area (Å²) < 4.78 is 36.0. The number of piperidine rings is 1. The van der Waals surface area contributed by atoms with Crippen molar-refractivity contribution in [3.8, 4) is 0 Å². The second kappa shape index (κ2) is 8.10. The maximum Gasteiger partial charge on any atom is 0.410 e. The summed E-state index contributed by atoms with van der Waals surface area (Å²) in [5.74, 6) is -0.166. The van der Waals surface area contributed by atoms with Crippen molar-refractivity contribution in [1.82, 2.24) is 14.5 Å². The van der Waals surface area contributed by atoms with Crippen LogP contribution in [0, 0.1) is 0 Å². The zero-order valence-electron chi connectivity index (χ0n) is 15.9. The predicted octanol–water partition coefficient (Wildman–Crippen LogP) is 0.163. The van der Waals surface area contributed by atoms with Crippen LogP contribution >= 0.6 is 0 Å². The number of ether oxygens (including phenoxy) is 2. The summed E-state index contributed by atoms with van der Waals surface area (Å²) in [6.07, 6.45) is 2.01. The number of nitrogens with zero attached hydrogens (tertiary/aromatic N) is 2. The number of amides is 2. The highest BCUT2D eigenvalue weighted by Gasteiger charge is 2.35. The van der Waals surface area contributed by atoms with Crippen LogP contribution in [0.2, 0.25) is 0 Å². The minimum Gasteiger partial charge on any atom is -0.444 e. The largest absolute Gasteiger partial charge is 0.444 e. The van der Waals surface area contributed by atoms with Crippen LogP contribution in [0.25, 0.3) is 0 Å². The van der Waals surface area contributed by atoms with Crippen molar-refractivity contribution in [1.29, 1.82) is 0 Å². The van der Waals surface area contributed by atoms with Gasteiger partial charge < -0.3 is 19.3 Å². The van der Waals surface area contributed by atoms with E-state index in [9.17, 15) is 18.0 Å². The molecule has 1 N–H and O–H groups in total. The van der Waals surface area contributed by atoms with Crippen molar-refractivity contribution in [2.24, 2.45) is 0 Å². The van der Waals surface area contributed by atoms with Crippen LogP contribution in [0.5, 0.6) is 0 Å². The quantitative estimate of drug-likeness (QED) is 0.716. The second-order valence-electron chi connectivity index (χ2n) is 7.89.